The lowest BCUT2D eigenvalue weighted by Crippen LogP contribution is -2.43. The highest BCUT2D eigenvalue weighted by Gasteiger charge is 2.18. The van der Waals surface area contributed by atoms with Crippen LogP contribution in [0.25, 0.3) is 0 Å². The van der Waals surface area contributed by atoms with Crippen LogP contribution in [0.2, 0.25) is 0 Å². The van der Waals surface area contributed by atoms with Crippen LogP contribution in [0.1, 0.15) is 26.3 Å². The quantitative estimate of drug-likeness (QED) is 0.806. The van der Waals surface area contributed by atoms with Crippen LogP contribution < -0.4 is 10.2 Å². The molecule has 1 N–H and O–H groups in total. The SMILES string of the molecule is CC(C)(C)c1cc(F)cc(N2CCNCC2)c1. The van der Waals surface area contributed by atoms with Crippen molar-refractivity contribution >= 4 is 5.69 Å². The second-order valence-corrected chi connectivity index (χ2v) is 5.69. The van der Waals surface area contributed by atoms with Gasteiger partial charge in [0.2, 0.25) is 0 Å². The Balaban J connectivity index is 2.31. The third-order valence-electron chi connectivity index (χ3n) is 3.23. The van der Waals surface area contributed by atoms with Gasteiger partial charge in [-0.25, -0.2) is 4.39 Å². The van der Waals surface area contributed by atoms with Crippen molar-refractivity contribution in [3.8, 4) is 0 Å². The summed E-state index contributed by atoms with van der Waals surface area (Å²) in [5.41, 5.74) is 2.06. The lowest BCUT2D eigenvalue weighted by Gasteiger charge is -2.31. The van der Waals surface area contributed by atoms with Gasteiger partial charge in [0.15, 0.2) is 0 Å². The van der Waals surface area contributed by atoms with Crippen LogP contribution in [-0.2, 0) is 5.41 Å². The zero-order chi connectivity index (χ0) is 12.5. The van der Waals surface area contributed by atoms with Gasteiger partial charge >= 0.3 is 0 Å². The summed E-state index contributed by atoms with van der Waals surface area (Å²) in [6.45, 7) is 10.2. The van der Waals surface area contributed by atoms with Gasteiger partial charge in [-0.2, -0.15) is 0 Å². The largest absolute Gasteiger partial charge is 0.369 e. The fraction of sp³-hybridized carbons (Fsp3) is 0.571. The molecule has 1 saturated heterocycles. The average molecular weight is 236 g/mol. The molecule has 1 aromatic rings. The standard InChI is InChI=1S/C14H21FN2/c1-14(2,3)11-8-12(15)10-13(9-11)17-6-4-16-5-7-17/h8-10,16H,4-7H2,1-3H3. The number of rotatable bonds is 1. The normalized spacial score (nSPS) is 17.3. The number of anilines is 1. The van der Waals surface area contributed by atoms with E-state index in [1.807, 2.05) is 0 Å². The number of hydrogen-bond acceptors (Lipinski definition) is 2. The fourth-order valence-corrected chi connectivity index (χ4v) is 2.11. The van der Waals surface area contributed by atoms with Gasteiger partial charge < -0.3 is 10.2 Å². The molecule has 0 atom stereocenters. The molecular formula is C14H21FN2. The molecule has 0 radical (unpaired) electrons. The number of hydrogen-bond donors (Lipinski definition) is 1. The molecule has 1 aliphatic heterocycles. The van der Waals surface area contributed by atoms with Gasteiger partial charge in [0.1, 0.15) is 5.82 Å². The maximum absolute atomic E-state index is 13.7. The molecule has 0 unspecified atom stereocenters. The van der Waals surface area contributed by atoms with E-state index in [9.17, 15) is 4.39 Å². The molecule has 0 amide bonds. The molecule has 1 fully saturated rings. The monoisotopic (exact) mass is 236 g/mol. The van der Waals surface area contributed by atoms with Crippen molar-refractivity contribution in [2.45, 2.75) is 26.2 Å². The van der Waals surface area contributed by atoms with Crippen molar-refractivity contribution < 1.29 is 4.39 Å². The van der Waals surface area contributed by atoms with Crippen molar-refractivity contribution in [2.75, 3.05) is 31.1 Å². The predicted molar refractivity (Wildman–Crippen MR) is 70.2 cm³/mol. The van der Waals surface area contributed by atoms with Gasteiger partial charge in [-0.1, -0.05) is 20.8 Å². The molecule has 0 aromatic heterocycles. The van der Waals surface area contributed by atoms with Crippen molar-refractivity contribution in [3.05, 3.63) is 29.6 Å². The molecule has 17 heavy (non-hydrogen) atoms. The first-order valence-corrected chi connectivity index (χ1v) is 6.23. The zero-order valence-corrected chi connectivity index (χ0v) is 10.9. The Bertz CT molecular complexity index is 390. The van der Waals surface area contributed by atoms with E-state index in [1.54, 1.807) is 12.1 Å². The average Bonchev–Trinajstić information content (AvgIpc) is 2.28. The summed E-state index contributed by atoms with van der Waals surface area (Å²) in [7, 11) is 0. The Morgan fingerprint density at radius 3 is 2.35 bits per heavy atom. The van der Waals surface area contributed by atoms with E-state index in [-0.39, 0.29) is 11.2 Å². The molecule has 1 aromatic carbocycles. The summed E-state index contributed by atoms with van der Waals surface area (Å²) in [6, 6.07) is 5.40. The molecular weight excluding hydrogens is 215 g/mol. The van der Waals surface area contributed by atoms with Gasteiger partial charge in [0.05, 0.1) is 0 Å². The lowest BCUT2D eigenvalue weighted by molar-refractivity contribution is 0.564. The van der Waals surface area contributed by atoms with Crippen LogP contribution in [0.5, 0.6) is 0 Å². The number of nitrogens with one attached hydrogen (secondary N) is 1. The first-order valence-electron chi connectivity index (χ1n) is 6.23. The van der Waals surface area contributed by atoms with Crippen LogP contribution in [-0.4, -0.2) is 26.2 Å². The van der Waals surface area contributed by atoms with Crippen molar-refractivity contribution in [3.63, 3.8) is 0 Å². The molecule has 0 spiro atoms. The number of piperazine rings is 1. The van der Waals surface area contributed by atoms with E-state index in [4.69, 9.17) is 0 Å². The molecule has 94 valence electrons. The molecule has 0 aliphatic carbocycles. The van der Waals surface area contributed by atoms with Gasteiger partial charge in [-0.3, -0.25) is 0 Å². The van der Waals surface area contributed by atoms with E-state index in [0.717, 1.165) is 37.4 Å². The van der Waals surface area contributed by atoms with E-state index < -0.39 is 0 Å². The number of halogens is 1. The minimum atomic E-state index is -0.133. The van der Waals surface area contributed by atoms with Crippen molar-refractivity contribution in [1.82, 2.24) is 5.32 Å². The summed E-state index contributed by atoms with van der Waals surface area (Å²) < 4.78 is 13.7. The second-order valence-electron chi connectivity index (χ2n) is 5.69. The fourth-order valence-electron chi connectivity index (χ4n) is 2.11. The molecule has 2 rings (SSSR count). The minimum Gasteiger partial charge on any atom is -0.369 e. The van der Waals surface area contributed by atoms with Crippen LogP contribution in [0.4, 0.5) is 10.1 Å². The summed E-state index contributed by atoms with van der Waals surface area (Å²) in [5.74, 6) is -0.133. The van der Waals surface area contributed by atoms with E-state index >= 15 is 0 Å². The van der Waals surface area contributed by atoms with Crippen LogP contribution >= 0.6 is 0 Å². The Morgan fingerprint density at radius 2 is 1.76 bits per heavy atom. The van der Waals surface area contributed by atoms with Gasteiger partial charge in [-0.05, 0) is 29.2 Å². The first kappa shape index (κ1) is 12.4. The molecule has 3 heteroatoms. The Kier molecular flexibility index (Phi) is 3.38. The minimum absolute atomic E-state index is 0.00904. The summed E-state index contributed by atoms with van der Waals surface area (Å²) in [6.07, 6.45) is 0. The van der Waals surface area contributed by atoms with Crippen molar-refractivity contribution in [1.29, 1.82) is 0 Å². The molecule has 1 heterocycles. The van der Waals surface area contributed by atoms with Gasteiger partial charge in [0.25, 0.3) is 0 Å². The maximum Gasteiger partial charge on any atom is 0.125 e. The Labute approximate surface area is 103 Å². The van der Waals surface area contributed by atoms with E-state index in [2.05, 4.69) is 37.1 Å². The third kappa shape index (κ3) is 2.97. The van der Waals surface area contributed by atoms with Crippen molar-refractivity contribution in [2.24, 2.45) is 0 Å². The molecule has 1 aliphatic rings. The highest BCUT2D eigenvalue weighted by molar-refractivity contribution is 5.50. The highest BCUT2D eigenvalue weighted by atomic mass is 19.1. The van der Waals surface area contributed by atoms with Gasteiger partial charge in [0, 0.05) is 31.9 Å². The maximum atomic E-state index is 13.7. The topological polar surface area (TPSA) is 15.3 Å². The van der Waals surface area contributed by atoms with E-state index in [0.29, 0.717) is 0 Å². The smallest absolute Gasteiger partial charge is 0.125 e. The Hall–Kier alpha value is -1.09. The highest BCUT2D eigenvalue weighted by Crippen LogP contribution is 2.27. The zero-order valence-electron chi connectivity index (χ0n) is 10.9. The van der Waals surface area contributed by atoms with Crippen LogP contribution in [0.3, 0.4) is 0 Å². The predicted octanol–water partition coefficient (Wildman–Crippen LogP) is 2.53. The third-order valence-corrected chi connectivity index (χ3v) is 3.23. The summed E-state index contributed by atoms with van der Waals surface area (Å²) in [4.78, 5) is 2.24. The lowest BCUT2D eigenvalue weighted by atomic mass is 9.86. The molecule has 0 saturated carbocycles. The number of nitrogens with zero attached hydrogens (tertiary/aromatic N) is 1. The van der Waals surface area contributed by atoms with Crippen LogP contribution in [0.15, 0.2) is 18.2 Å². The Morgan fingerprint density at radius 1 is 1.12 bits per heavy atom. The van der Waals surface area contributed by atoms with E-state index in [1.165, 1.54) is 0 Å². The molecule has 2 nitrogen and oxygen atoms in total. The van der Waals surface area contributed by atoms with Gasteiger partial charge in [-0.15, -0.1) is 0 Å². The summed E-state index contributed by atoms with van der Waals surface area (Å²) in [5, 5.41) is 3.31. The van der Waals surface area contributed by atoms with Crippen LogP contribution in [0, 0.1) is 5.82 Å². The number of benzene rings is 1. The first-order chi connectivity index (χ1) is 7.97. The summed E-state index contributed by atoms with van der Waals surface area (Å²) >= 11 is 0. The second kappa shape index (κ2) is 4.65. The molecule has 0 bridgehead atoms.